The van der Waals surface area contributed by atoms with Crippen molar-refractivity contribution in [2.75, 3.05) is 0 Å². The molecule has 2 nitrogen and oxygen atoms in total. The molecule has 4 heteroatoms. The number of nitrogens with zero attached hydrogens (tertiary/aromatic N) is 1. The molecule has 0 amide bonds. The van der Waals surface area contributed by atoms with E-state index in [0.717, 1.165) is 39.5 Å². The first-order chi connectivity index (χ1) is 8.65. The number of hydrogen-bond acceptors (Lipinski definition) is 3. The van der Waals surface area contributed by atoms with E-state index in [0.29, 0.717) is 6.54 Å². The first-order valence-electron chi connectivity index (χ1n) is 6.10. The molecule has 96 valence electrons. The first-order valence-corrected chi connectivity index (χ1v) is 6.92. The van der Waals surface area contributed by atoms with Gasteiger partial charge in [0.15, 0.2) is 0 Å². The Morgan fingerprint density at radius 2 is 2.17 bits per heavy atom. The number of aryl methyl sites for hydroxylation is 2. The Bertz CT molecular complexity index is 549. The standard InChI is InChI=1S/C14H17FN2S/c1-3-4-12-13(8-16)18-14(17-12)11-7-10(15)6-5-9(11)2/h5-7H,3-4,8,16H2,1-2H3. The smallest absolute Gasteiger partial charge is 0.124 e. The number of halogens is 1. The lowest BCUT2D eigenvalue weighted by Crippen LogP contribution is -1.97. The molecule has 18 heavy (non-hydrogen) atoms. The molecule has 0 spiro atoms. The van der Waals surface area contributed by atoms with Gasteiger partial charge in [0.25, 0.3) is 0 Å². The molecule has 0 saturated carbocycles. The SMILES string of the molecule is CCCc1nc(-c2cc(F)ccc2C)sc1CN. The van der Waals surface area contributed by atoms with Crippen molar-refractivity contribution in [3.63, 3.8) is 0 Å². The van der Waals surface area contributed by atoms with Crippen LogP contribution in [0.4, 0.5) is 4.39 Å². The van der Waals surface area contributed by atoms with E-state index in [1.165, 1.54) is 6.07 Å². The maximum atomic E-state index is 13.3. The molecule has 0 aliphatic heterocycles. The zero-order chi connectivity index (χ0) is 13.1. The summed E-state index contributed by atoms with van der Waals surface area (Å²) in [5.74, 6) is -0.225. The molecule has 0 bridgehead atoms. The third-order valence-corrected chi connectivity index (χ3v) is 4.03. The van der Waals surface area contributed by atoms with Gasteiger partial charge in [-0.2, -0.15) is 0 Å². The summed E-state index contributed by atoms with van der Waals surface area (Å²) in [4.78, 5) is 5.72. The number of benzene rings is 1. The second-order valence-corrected chi connectivity index (χ2v) is 5.39. The van der Waals surface area contributed by atoms with Gasteiger partial charge in [0.2, 0.25) is 0 Å². The van der Waals surface area contributed by atoms with E-state index >= 15 is 0 Å². The van der Waals surface area contributed by atoms with Gasteiger partial charge in [0.05, 0.1) is 5.69 Å². The van der Waals surface area contributed by atoms with E-state index in [2.05, 4.69) is 11.9 Å². The normalized spacial score (nSPS) is 10.9. The molecule has 0 fully saturated rings. The highest BCUT2D eigenvalue weighted by atomic mass is 32.1. The van der Waals surface area contributed by atoms with Crippen LogP contribution in [-0.2, 0) is 13.0 Å². The van der Waals surface area contributed by atoms with E-state index in [1.54, 1.807) is 23.5 Å². The molecule has 1 heterocycles. The van der Waals surface area contributed by atoms with Gasteiger partial charge in [-0.25, -0.2) is 9.37 Å². The molecule has 1 aromatic carbocycles. The summed E-state index contributed by atoms with van der Waals surface area (Å²) in [6.45, 7) is 4.59. The summed E-state index contributed by atoms with van der Waals surface area (Å²) in [5.41, 5.74) is 8.71. The van der Waals surface area contributed by atoms with Crippen LogP contribution >= 0.6 is 11.3 Å². The number of rotatable bonds is 4. The van der Waals surface area contributed by atoms with Gasteiger partial charge < -0.3 is 5.73 Å². The fourth-order valence-electron chi connectivity index (χ4n) is 1.91. The van der Waals surface area contributed by atoms with E-state index in [4.69, 9.17) is 5.73 Å². The molecule has 0 aliphatic rings. The van der Waals surface area contributed by atoms with Crippen LogP contribution in [0, 0.1) is 12.7 Å². The van der Waals surface area contributed by atoms with Gasteiger partial charge in [-0.15, -0.1) is 11.3 Å². The predicted molar refractivity (Wildman–Crippen MR) is 74.1 cm³/mol. The van der Waals surface area contributed by atoms with Crippen molar-refractivity contribution in [1.29, 1.82) is 0 Å². The molecule has 0 aliphatic carbocycles. The van der Waals surface area contributed by atoms with Crippen LogP contribution in [-0.4, -0.2) is 4.98 Å². The summed E-state index contributed by atoms with van der Waals surface area (Å²) in [5, 5.41) is 0.871. The molecule has 0 atom stereocenters. The Labute approximate surface area is 111 Å². The largest absolute Gasteiger partial charge is 0.326 e. The van der Waals surface area contributed by atoms with E-state index in [1.807, 2.05) is 6.92 Å². The highest BCUT2D eigenvalue weighted by Crippen LogP contribution is 2.31. The summed E-state index contributed by atoms with van der Waals surface area (Å²) >= 11 is 1.57. The Morgan fingerprint density at radius 3 is 2.83 bits per heavy atom. The second kappa shape index (κ2) is 5.59. The monoisotopic (exact) mass is 264 g/mol. The van der Waals surface area contributed by atoms with E-state index in [-0.39, 0.29) is 5.82 Å². The van der Waals surface area contributed by atoms with Crippen LogP contribution in [0.15, 0.2) is 18.2 Å². The van der Waals surface area contributed by atoms with Gasteiger partial charge in [-0.1, -0.05) is 19.4 Å². The van der Waals surface area contributed by atoms with Crippen molar-refractivity contribution in [3.8, 4) is 10.6 Å². The highest BCUT2D eigenvalue weighted by Gasteiger charge is 2.13. The Kier molecular flexibility index (Phi) is 4.09. The van der Waals surface area contributed by atoms with Crippen LogP contribution in [0.1, 0.15) is 29.5 Å². The summed E-state index contributed by atoms with van der Waals surface area (Å²) in [6.07, 6.45) is 1.97. The van der Waals surface area contributed by atoms with Gasteiger partial charge >= 0.3 is 0 Å². The Morgan fingerprint density at radius 1 is 1.39 bits per heavy atom. The third kappa shape index (κ3) is 2.60. The number of aromatic nitrogens is 1. The van der Waals surface area contributed by atoms with Crippen LogP contribution in [0.3, 0.4) is 0 Å². The van der Waals surface area contributed by atoms with Crippen LogP contribution < -0.4 is 5.73 Å². The van der Waals surface area contributed by atoms with Crippen molar-refractivity contribution < 1.29 is 4.39 Å². The van der Waals surface area contributed by atoms with E-state index < -0.39 is 0 Å². The molecule has 0 radical (unpaired) electrons. The van der Waals surface area contributed by atoms with Crippen molar-refractivity contribution in [1.82, 2.24) is 4.98 Å². The van der Waals surface area contributed by atoms with Gasteiger partial charge in [-0.3, -0.25) is 0 Å². The van der Waals surface area contributed by atoms with Gasteiger partial charge in [0.1, 0.15) is 10.8 Å². The quantitative estimate of drug-likeness (QED) is 0.915. The van der Waals surface area contributed by atoms with Crippen molar-refractivity contribution in [2.24, 2.45) is 5.73 Å². The van der Waals surface area contributed by atoms with E-state index in [9.17, 15) is 4.39 Å². The molecule has 0 unspecified atom stereocenters. The third-order valence-electron chi connectivity index (χ3n) is 2.88. The average Bonchev–Trinajstić information content (AvgIpc) is 2.76. The lowest BCUT2D eigenvalue weighted by molar-refractivity contribution is 0.628. The summed E-state index contributed by atoms with van der Waals surface area (Å²) in [7, 11) is 0. The minimum atomic E-state index is -0.225. The molecular weight excluding hydrogens is 247 g/mol. The van der Waals surface area contributed by atoms with Crippen LogP contribution in [0.2, 0.25) is 0 Å². The molecule has 2 rings (SSSR count). The predicted octanol–water partition coefficient (Wildman–Crippen LogP) is 3.67. The zero-order valence-corrected chi connectivity index (χ0v) is 11.5. The molecular formula is C14H17FN2S. The fraction of sp³-hybridized carbons (Fsp3) is 0.357. The number of thiazole rings is 1. The van der Waals surface area contributed by atoms with Crippen LogP contribution in [0.25, 0.3) is 10.6 Å². The lowest BCUT2D eigenvalue weighted by atomic mass is 10.1. The molecule has 2 aromatic rings. The summed E-state index contributed by atoms with van der Waals surface area (Å²) < 4.78 is 13.3. The summed E-state index contributed by atoms with van der Waals surface area (Å²) in [6, 6.07) is 4.81. The highest BCUT2D eigenvalue weighted by molar-refractivity contribution is 7.15. The van der Waals surface area contributed by atoms with Crippen molar-refractivity contribution in [2.45, 2.75) is 33.2 Å². The minimum absolute atomic E-state index is 0.225. The number of nitrogens with two attached hydrogens (primary N) is 1. The minimum Gasteiger partial charge on any atom is -0.326 e. The van der Waals surface area contributed by atoms with Gasteiger partial charge in [-0.05, 0) is 31.0 Å². The first kappa shape index (κ1) is 13.2. The number of hydrogen-bond donors (Lipinski definition) is 1. The Hall–Kier alpha value is -1.26. The average molecular weight is 264 g/mol. The van der Waals surface area contributed by atoms with Gasteiger partial charge in [0, 0.05) is 17.0 Å². The lowest BCUT2D eigenvalue weighted by Gasteiger charge is -2.01. The fourth-order valence-corrected chi connectivity index (χ4v) is 2.98. The zero-order valence-electron chi connectivity index (χ0n) is 10.7. The topological polar surface area (TPSA) is 38.9 Å². The maximum Gasteiger partial charge on any atom is 0.124 e. The molecule has 1 aromatic heterocycles. The Balaban J connectivity index is 2.47. The maximum absolute atomic E-state index is 13.3. The van der Waals surface area contributed by atoms with Crippen molar-refractivity contribution >= 4 is 11.3 Å². The van der Waals surface area contributed by atoms with Crippen molar-refractivity contribution in [3.05, 3.63) is 40.2 Å². The second-order valence-electron chi connectivity index (χ2n) is 4.30. The molecule has 2 N–H and O–H groups in total. The van der Waals surface area contributed by atoms with Crippen LogP contribution in [0.5, 0.6) is 0 Å². The molecule has 0 saturated heterocycles.